The molecule has 0 fully saturated rings. The lowest BCUT2D eigenvalue weighted by molar-refractivity contribution is -0.138. The van der Waals surface area contributed by atoms with E-state index in [1.807, 2.05) is 0 Å². The van der Waals surface area contributed by atoms with Crippen molar-refractivity contribution in [3.05, 3.63) is 41.5 Å². The highest BCUT2D eigenvalue weighted by molar-refractivity contribution is 5.61. The summed E-state index contributed by atoms with van der Waals surface area (Å²) in [5, 5.41) is 0. The zero-order chi connectivity index (χ0) is 14.8. The summed E-state index contributed by atoms with van der Waals surface area (Å²) in [4.78, 5) is 14.0. The van der Waals surface area contributed by atoms with E-state index in [1.165, 1.54) is 24.5 Å². The van der Waals surface area contributed by atoms with Crippen molar-refractivity contribution in [3.8, 4) is 17.3 Å². The van der Waals surface area contributed by atoms with Crippen molar-refractivity contribution in [1.82, 2.24) is 15.0 Å². The second kappa shape index (κ2) is 5.13. The first-order valence-electron chi connectivity index (χ1n) is 5.28. The summed E-state index contributed by atoms with van der Waals surface area (Å²) in [6, 6.07) is 3.05. The zero-order valence-electron chi connectivity index (χ0n) is 10.1. The number of halogens is 3. The van der Waals surface area contributed by atoms with E-state index in [0.29, 0.717) is 5.56 Å². The Morgan fingerprint density at radius 3 is 2.35 bits per heavy atom. The van der Waals surface area contributed by atoms with Gasteiger partial charge in [0, 0.05) is 18.0 Å². The van der Waals surface area contributed by atoms with Crippen LogP contribution < -0.4 is 4.74 Å². The maximum atomic E-state index is 12.9. The first-order valence-corrected chi connectivity index (χ1v) is 5.28. The Labute approximate surface area is 111 Å². The van der Waals surface area contributed by atoms with Crippen LogP contribution in [0.1, 0.15) is 5.56 Å². The minimum absolute atomic E-state index is 0.0248. The molecule has 2 aromatic rings. The van der Waals surface area contributed by atoms with Crippen molar-refractivity contribution < 1.29 is 17.9 Å². The monoisotopic (exact) mass is 280 g/mol. The van der Waals surface area contributed by atoms with Crippen LogP contribution in [-0.4, -0.2) is 22.1 Å². The average molecular weight is 280 g/mol. The summed E-state index contributed by atoms with van der Waals surface area (Å²) < 4.78 is 43.4. The molecule has 0 N–H and O–H groups in total. The predicted molar refractivity (Wildman–Crippen MR) is 63.1 cm³/mol. The van der Waals surface area contributed by atoms with Crippen LogP contribution >= 0.6 is 0 Å². The predicted octanol–water partition coefficient (Wildman–Crippen LogP) is 3.12. The van der Waals surface area contributed by atoms with Crippen LogP contribution in [0.3, 0.4) is 0 Å². The molecule has 0 spiro atoms. The number of aromatic nitrogens is 3. The smallest absolute Gasteiger partial charge is 0.414 e. The molecule has 0 aliphatic heterocycles. The van der Waals surface area contributed by atoms with Crippen LogP contribution in [0.25, 0.3) is 16.2 Å². The molecule has 2 heterocycles. The molecule has 0 aliphatic rings. The number of hydrogen-bond acceptors (Lipinski definition) is 4. The van der Waals surface area contributed by atoms with Gasteiger partial charge in [0.25, 0.3) is 11.6 Å². The second-order valence-electron chi connectivity index (χ2n) is 3.60. The van der Waals surface area contributed by atoms with Gasteiger partial charge in [0.1, 0.15) is 5.56 Å². The summed E-state index contributed by atoms with van der Waals surface area (Å²) >= 11 is 0. The van der Waals surface area contributed by atoms with Gasteiger partial charge in [-0.2, -0.15) is 18.2 Å². The molecule has 2 rings (SSSR count). The van der Waals surface area contributed by atoms with Crippen molar-refractivity contribution in [3.63, 3.8) is 0 Å². The van der Waals surface area contributed by atoms with Crippen LogP contribution in [0.15, 0.2) is 24.5 Å². The standard InChI is InChI=1S/C12H7F3N4O/c1-16-10-8(12(13,14)15)11(20-2)19-9(18-10)7-3-5-17-6-4-7/h3-6H,2H3. The molecule has 0 saturated heterocycles. The fraction of sp³-hybridized carbons (Fsp3) is 0.167. The van der Waals surface area contributed by atoms with Crippen molar-refractivity contribution in [1.29, 1.82) is 0 Å². The third kappa shape index (κ3) is 2.51. The lowest BCUT2D eigenvalue weighted by Crippen LogP contribution is -2.11. The molecule has 20 heavy (non-hydrogen) atoms. The quantitative estimate of drug-likeness (QED) is 0.793. The number of ether oxygens (including phenoxy) is 1. The van der Waals surface area contributed by atoms with E-state index >= 15 is 0 Å². The van der Waals surface area contributed by atoms with Gasteiger partial charge in [0.2, 0.25) is 5.88 Å². The summed E-state index contributed by atoms with van der Waals surface area (Å²) in [5.41, 5.74) is -0.829. The maximum absolute atomic E-state index is 12.9. The Morgan fingerprint density at radius 2 is 1.85 bits per heavy atom. The Bertz CT molecular complexity index is 665. The maximum Gasteiger partial charge on any atom is 0.414 e. The van der Waals surface area contributed by atoms with Crippen molar-refractivity contribution in [2.45, 2.75) is 6.18 Å². The first-order chi connectivity index (χ1) is 9.47. The third-order valence-corrected chi connectivity index (χ3v) is 2.38. The van der Waals surface area contributed by atoms with Crippen molar-refractivity contribution in [2.75, 3.05) is 7.11 Å². The summed E-state index contributed by atoms with van der Waals surface area (Å²) in [6.07, 6.45) is -1.87. The van der Waals surface area contributed by atoms with Gasteiger partial charge in [-0.3, -0.25) is 4.98 Å². The Kier molecular flexibility index (Phi) is 3.52. The molecule has 0 radical (unpaired) electrons. The fourth-order valence-corrected chi connectivity index (χ4v) is 1.54. The van der Waals surface area contributed by atoms with Crippen LogP contribution in [0.5, 0.6) is 5.88 Å². The van der Waals surface area contributed by atoms with Crippen LogP contribution in [0, 0.1) is 6.57 Å². The SMILES string of the molecule is [C-]#[N+]c1nc(-c2ccncc2)nc(OC)c1C(F)(F)F. The van der Waals surface area contributed by atoms with E-state index in [0.717, 1.165) is 7.11 Å². The molecule has 0 amide bonds. The second-order valence-corrected chi connectivity index (χ2v) is 3.60. The highest BCUT2D eigenvalue weighted by atomic mass is 19.4. The highest BCUT2D eigenvalue weighted by Crippen LogP contribution is 2.41. The topological polar surface area (TPSA) is 52.3 Å². The third-order valence-electron chi connectivity index (χ3n) is 2.38. The van der Waals surface area contributed by atoms with Gasteiger partial charge in [0.05, 0.1) is 7.11 Å². The van der Waals surface area contributed by atoms with Crippen LogP contribution in [0.4, 0.5) is 19.0 Å². The normalized spacial score (nSPS) is 10.9. The summed E-state index contributed by atoms with van der Waals surface area (Å²) in [5.74, 6) is -1.50. The molecule has 0 aromatic carbocycles. The largest absolute Gasteiger partial charge is 0.481 e. The van der Waals surface area contributed by atoms with Crippen LogP contribution in [-0.2, 0) is 6.18 Å². The molecule has 0 bridgehead atoms. The van der Waals surface area contributed by atoms with Crippen molar-refractivity contribution in [2.24, 2.45) is 0 Å². The summed E-state index contributed by atoms with van der Waals surface area (Å²) in [6.45, 7) is 6.86. The summed E-state index contributed by atoms with van der Waals surface area (Å²) in [7, 11) is 1.06. The molecule has 0 saturated carbocycles. The number of rotatable bonds is 2. The van der Waals surface area contributed by atoms with Gasteiger partial charge in [-0.05, 0) is 12.1 Å². The molecule has 2 aromatic heterocycles. The molecule has 0 aliphatic carbocycles. The van der Waals surface area contributed by atoms with Gasteiger partial charge in [-0.25, -0.2) is 0 Å². The number of nitrogens with zero attached hydrogens (tertiary/aromatic N) is 4. The van der Waals surface area contributed by atoms with Gasteiger partial charge in [-0.15, -0.1) is 0 Å². The molecule has 102 valence electrons. The van der Waals surface area contributed by atoms with Gasteiger partial charge >= 0.3 is 6.18 Å². The molecular formula is C12H7F3N4O. The van der Waals surface area contributed by atoms with Crippen molar-refractivity contribution >= 4 is 5.82 Å². The fourth-order valence-electron chi connectivity index (χ4n) is 1.54. The average Bonchev–Trinajstić information content (AvgIpc) is 2.45. The van der Waals surface area contributed by atoms with E-state index in [9.17, 15) is 13.2 Å². The molecular weight excluding hydrogens is 273 g/mol. The van der Waals surface area contributed by atoms with Gasteiger partial charge in [-0.1, -0.05) is 11.6 Å². The lowest BCUT2D eigenvalue weighted by atomic mass is 10.2. The molecule has 0 atom stereocenters. The van der Waals surface area contributed by atoms with Crippen LogP contribution in [0.2, 0.25) is 0 Å². The van der Waals surface area contributed by atoms with E-state index in [2.05, 4.69) is 24.5 Å². The molecule has 5 nitrogen and oxygen atoms in total. The minimum Gasteiger partial charge on any atom is -0.481 e. The number of pyridine rings is 1. The Balaban J connectivity index is 2.69. The van der Waals surface area contributed by atoms with E-state index in [-0.39, 0.29) is 5.82 Å². The minimum atomic E-state index is -4.76. The Morgan fingerprint density at radius 1 is 1.20 bits per heavy atom. The number of alkyl halides is 3. The Hall–Kier alpha value is -2.69. The number of methoxy groups -OCH3 is 1. The molecule has 0 unspecified atom stereocenters. The zero-order valence-corrected chi connectivity index (χ0v) is 10.1. The van der Waals surface area contributed by atoms with E-state index in [1.54, 1.807) is 0 Å². The number of hydrogen-bond donors (Lipinski definition) is 0. The van der Waals surface area contributed by atoms with E-state index < -0.39 is 23.4 Å². The van der Waals surface area contributed by atoms with Gasteiger partial charge < -0.3 is 9.58 Å². The molecule has 8 heteroatoms. The van der Waals surface area contributed by atoms with E-state index in [4.69, 9.17) is 6.57 Å². The highest BCUT2D eigenvalue weighted by Gasteiger charge is 2.40. The first kappa shape index (κ1) is 13.7. The van der Waals surface area contributed by atoms with Gasteiger partial charge in [0.15, 0.2) is 0 Å². The lowest BCUT2D eigenvalue weighted by Gasteiger charge is -2.12.